The van der Waals surface area contributed by atoms with Gasteiger partial charge >= 0.3 is 0 Å². The Morgan fingerprint density at radius 3 is 2.29 bits per heavy atom. The van der Waals surface area contributed by atoms with E-state index in [0.717, 1.165) is 28.3 Å². The molecular weight excluding hydrogens is 258 g/mol. The zero-order valence-corrected chi connectivity index (χ0v) is 13.0. The Bertz CT molecular complexity index is 790. The van der Waals surface area contributed by atoms with Gasteiger partial charge in [0, 0.05) is 23.1 Å². The van der Waals surface area contributed by atoms with Crippen molar-refractivity contribution >= 4 is 11.3 Å². The lowest BCUT2D eigenvalue weighted by Crippen LogP contribution is -2.10. The van der Waals surface area contributed by atoms with Crippen LogP contribution in [-0.2, 0) is 5.41 Å². The van der Waals surface area contributed by atoms with Crippen LogP contribution < -0.4 is 5.73 Å². The molecule has 3 heteroatoms. The van der Waals surface area contributed by atoms with E-state index in [1.54, 1.807) is 0 Å². The van der Waals surface area contributed by atoms with Gasteiger partial charge in [0.05, 0.1) is 5.69 Å². The third kappa shape index (κ3) is 2.40. The van der Waals surface area contributed by atoms with E-state index in [-0.39, 0.29) is 5.41 Å². The maximum Gasteiger partial charge on any atom is 0.137 e. The Balaban J connectivity index is 2.10. The van der Waals surface area contributed by atoms with E-state index in [2.05, 4.69) is 52.0 Å². The minimum Gasteiger partial charge on any atom is -0.398 e. The first-order valence-corrected chi connectivity index (χ1v) is 7.21. The monoisotopic (exact) mass is 279 g/mol. The average molecular weight is 279 g/mol. The summed E-state index contributed by atoms with van der Waals surface area (Å²) in [6.07, 6.45) is 1.92. The molecule has 2 heterocycles. The number of pyridine rings is 1. The summed E-state index contributed by atoms with van der Waals surface area (Å²) in [5.41, 5.74) is 12.3. The van der Waals surface area contributed by atoms with Crippen molar-refractivity contribution in [3.05, 3.63) is 53.9 Å². The van der Waals surface area contributed by atoms with Gasteiger partial charge in [0.2, 0.25) is 0 Å². The van der Waals surface area contributed by atoms with Crippen LogP contribution in [0.1, 0.15) is 32.0 Å². The third-order valence-electron chi connectivity index (χ3n) is 3.90. The number of benzene rings is 1. The molecule has 3 rings (SSSR count). The Labute approximate surface area is 125 Å². The first kappa shape index (κ1) is 13.7. The summed E-state index contributed by atoms with van der Waals surface area (Å²) < 4.78 is 2.04. The van der Waals surface area contributed by atoms with Crippen molar-refractivity contribution in [2.24, 2.45) is 0 Å². The number of hydrogen-bond acceptors (Lipinski definition) is 2. The highest BCUT2D eigenvalue weighted by Gasteiger charge is 2.15. The van der Waals surface area contributed by atoms with Gasteiger partial charge in [-0.2, -0.15) is 0 Å². The lowest BCUT2D eigenvalue weighted by molar-refractivity contribution is 0.590. The quantitative estimate of drug-likeness (QED) is 0.726. The van der Waals surface area contributed by atoms with Crippen molar-refractivity contribution in [1.29, 1.82) is 0 Å². The maximum atomic E-state index is 5.86. The van der Waals surface area contributed by atoms with Gasteiger partial charge in [-0.25, -0.2) is 4.98 Å². The smallest absolute Gasteiger partial charge is 0.137 e. The molecule has 0 fully saturated rings. The van der Waals surface area contributed by atoms with E-state index < -0.39 is 0 Å². The fourth-order valence-corrected chi connectivity index (χ4v) is 2.58. The number of aromatic nitrogens is 2. The molecule has 0 spiro atoms. The molecule has 0 unspecified atom stereocenters. The van der Waals surface area contributed by atoms with E-state index in [1.165, 1.54) is 5.56 Å². The van der Waals surface area contributed by atoms with E-state index in [4.69, 9.17) is 10.7 Å². The van der Waals surface area contributed by atoms with Gasteiger partial charge in [-0.3, -0.25) is 0 Å². The second kappa shape index (κ2) is 4.62. The highest BCUT2D eigenvalue weighted by molar-refractivity contribution is 5.67. The number of anilines is 1. The van der Waals surface area contributed by atoms with Crippen molar-refractivity contribution in [3.8, 4) is 11.3 Å². The van der Waals surface area contributed by atoms with Gasteiger partial charge in [-0.1, -0.05) is 45.0 Å². The first-order valence-electron chi connectivity index (χ1n) is 7.21. The second-order valence-electron chi connectivity index (χ2n) is 6.56. The number of imidazole rings is 1. The molecule has 2 N–H and O–H groups in total. The van der Waals surface area contributed by atoms with Gasteiger partial charge in [0.25, 0.3) is 0 Å². The normalized spacial score (nSPS) is 12.0. The lowest BCUT2D eigenvalue weighted by Gasteiger charge is -2.19. The molecule has 0 saturated carbocycles. The van der Waals surface area contributed by atoms with Crippen LogP contribution in [-0.4, -0.2) is 9.38 Å². The summed E-state index contributed by atoms with van der Waals surface area (Å²) >= 11 is 0. The molecule has 3 nitrogen and oxygen atoms in total. The standard InChI is InChI=1S/C18H21N3/c1-12-17(20-16-10-9-15(19)11-21(12)16)13-5-7-14(8-6-13)18(2,3)4/h5-11H,19H2,1-4H3. The Kier molecular flexibility index (Phi) is 3.01. The van der Waals surface area contributed by atoms with Gasteiger partial charge in [0.1, 0.15) is 5.65 Å². The fraction of sp³-hybridized carbons (Fsp3) is 0.278. The Hall–Kier alpha value is -2.29. The van der Waals surface area contributed by atoms with Crippen molar-refractivity contribution in [2.45, 2.75) is 33.1 Å². The first-order chi connectivity index (χ1) is 9.86. The highest BCUT2D eigenvalue weighted by atomic mass is 15.0. The van der Waals surface area contributed by atoms with Crippen LogP contribution in [0.5, 0.6) is 0 Å². The van der Waals surface area contributed by atoms with Crippen molar-refractivity contribution in [2.75, 3.05) is 5.73 Å². The van der Waals surface area contributed by atoms with Crippen LogP contribution in [0.2, 0.25) is 0 Å². The lowest BCUT2D eigenvalue weighted by atomic mass is 9.86. The predicted octanol–water partition coefficient (Wildman–Crippen LogP) is 4.19. The summed E-state index contributed by atoms with van der Waals surface area (Å²) in [5, 5.41) is 0. The van der Waals surface area contributed by atoms with Crippen LogP contribution in [0.25, 0.3) is 16.9 Å². The fourth-order valence-electron chi connectivity index (χ4n) is 2.58. The molecule has 3 aromatic rings. The van der Waals surface area contributed by atoms with Crippen LogP contribution in [0, 0.1) is 6.92 Å². The van der Waals surface area contributed by atoms with Crippen LogP contribution >= 0.6 is 0 Å². The minimum absolute atomic E-state index is 0.168. The SMILES string of the molecule is Cc1c(-c2ccc(C(C)(C)C)cc2)nc2ccc(N)cn12. The summed E-state index contributed by atoms with van der Waals surface area (Å²) in [5.74, 6) is 0. The maximum absolute atomic E-state index is 5.86. The number of nitrogen functional groups attached to an aromatic ring is 1. The molecule has 1 aromatic carbocycles. The summed E-state index contributed by atoms with van der Waals surface area (Å²) in [6.45, 7) is 8.75. The molecule has 0 saturated heterocycles. The van der Waals surface area contributed by atoms with Crippen LogP contribution in [0.4, 0.5) is 5.69 Å². The molecular formula is C18H21N3. The van der Waals surface area contributed by atoms with E-state index in [9.17, 15) is 0 Å². The number of rotatable bonds is 1. The number of nitrogens with zero attached hydrogens (tertiary/aromatic N) is 2. The Morgan fingerprint density at radius 1 is 1.00 bits per heavy atom. The number of fused-ring (bicyclic) bond motifs is 1. The van der Waals surface area contributed by atoms with Gasteiger partial charge < -0.3 is 10.1 Å². The molecule has 0 amide bonds. The largest absolute Gasteiger partial charge is 0.398 e. The molecule has 108 valence electrons. The molecule has 2 aromatic heterocycles. The predicted molar refractivity (Wildman–Crippen MR) is 88.5 cm³/mol. The summed E-state index contributed by atoms with van der Waals surface area (Å²) in [4.78, 5) is 4.72. The zero-order chi connectivity index (χ0) is 15.2. The molecule has 0 radical (unpaired) electrons. The molecule has 21 heavy (non-hydrogen) atoms. The number of aryl methyl sites for hydroxylation is 1. The molecule has 0 atom stereocenters. The van der Waals surface area contributed by atoms with Gasteiger partial charge in [0.15, 0.2) is 0 Å². The highest BCUT2D eigenvalue weighted by Crippen LogP contribution is 2.28. The van der Waals surface area contributed by atoms with Crippen molar-refractivity contribution in [3.63, 3.8) is 0 Å². The van der Waals surface area contributed by atoms with Gasteiger partial charge in [-0.05, 0) is 30.0 Å². The zero-order valence-electron chi connectivity index (χ0n) is 13.0. The van der Waals surface area contributed by atoms with E-state index in [0.29, 0.717) is 0 Å². The summed E-state index contributed by atoms with van der Waals surface area (Å²) in [6, 6.07) is 12.5. The minimum atomic E-state index is 0.168. The summed E-state index contributed by atoms with van der Waals surface area (Å²) in [7, 11) is 0. The van der Waals surface area contributed by atoms with E-state index in [1.807, 2.05) is 22.7 Å². The second-order valence-corrected chi connectivity index (χ2v) is 6.56. The number of nitrogens with two attached hydrogens (primary N) is 1. The van der Waals surface area contributed by atoms with Crippen LogP contribution in [0.3, 0.4) is 0 Å². The van der Waals surface area contributed by atoms with E-state index >= 15 is 0 Å². The number of hydrogen-bond donors (Lipinski definition) is 1. The van der Waals surface area contributed by atoms with Gasteiger partial charge in [-0.15, -0.1) is 0 Å². The van der Waals surface area contributed by atoms with Crippen LogP contribution in [0.15, 0.2) is 42.6 Å². The van der Waals surface area contributed by atoms with Crippen molar-refractivity contribution in [1.82, 2.24) is 9.38 Å². The topological polar surface area (TPSA) is 43.3 Å². The molecule has 0 aliphatic rings. The Morgan fingerprint density at radius 2 is 1.67 bits per heavy atom. The van der Waals surface area contributed by atoms with Crippen molar-refractivity contribution < 1.29 is 0 Å². The third-order valence-corrected chi connectivity index (χ3v) is 3.90. The molecule has 0 bridgehead atoms. The molecule has 0 aliphatic carbocycles. The molecule has 0 aliphatic heterocycles. The average Bonchev–Trinajstić information content (AvgIpc) is 2.75.